The molecule has 3 heteroatoms. The van der Waals surface area contributed by atoms with Crippen molar-refractivity contribution in [2.45, 2.75) is 38.3 Å². The highest BCUT2D eigenvalue weighted by molar-refractivity contribution is 5.76. The van der Waals surface area contributed by atoms with Gasteiger partial charge in [-0.2, -0.15) is 0 Å². The van der Waals surface area contributed by atoms with Crippen LogP contribution in [0.3, 0.4) is 0 Å². The summed E-state index contributed by atoms with van der Waals surface area (Å²) in [6.45, 7) is 3.18. The Balaban J connectivity index is 2.10. The highest BCUT2D eigenvalue weighted by Crippen LogP contribution is 2.27. The normalized spacial score (nSPS) is 37.3. The summed E-state index contributed by atoms with van der Waals surface area (Å²) >= 11 is 0. The second kappa shape index (κ2) is 4.22. The number of halogens is 1. The molecule has 14 heavy (non-hydrogen) atoms. The van der Waals surface area contributed by atoms with Crippen LogP contribution in [0.1, 0.15) is 26.2 Å². The minimum atomic E-state index is -0.173. The van der Waals surface area contributed by atoms with Gasteiger partial charge in [-0.3, -0.25) is 4.99 Å². The van der Waals surface area contributed by atoms with E-state index < -0.39 is 0 Å². The van der Waals surface area contributed by atoms with E-state index in [2.05, 4.69) is 17.2 Å². The second-order valence-electron chi connectivity index (χ2n) is 4.09. The molecule has 0 spiro atoms. The molecule has 0 radical (unpaired) electrons. The van der Waals surface area contributed by atoms with Crippen molar-refractivity contribution in [2.24, 2.45) is 10.9 Å². The maximum atomic E-state index is 13.1. The Labute approximate surface area is 84.3 Å². The first-order chi connectivity index (χ1) is 6.81. The molecule has 2 nitrogen and oxygen atoms in total. The summed E-state index contributed by atoms with van der Waals surface area (Å²) in [7, 11) is 0. The highest BCUT2D eigenvalue weighted by atomic mass is 19.1. The molecule has 78 valence electrons. The standard InChI is InChI=1S/C11H17FN2/c1-2-10-9(6-8(12)7-14-10)11-4-3-5-13-11/h6-7,9-11,13H,2-5H2,1H3/t9?,10?,11-/m1/s1. The fraction of sp³-hybridized carbons (Fsp3) is 0.727. The third-order valence-electron chi connectivity index (χ3n) is 3.17. The van der Waals surface area contributed by atoms with Crippen molar-refractivity contribution in [1.29, 1.82) is 0 Å². The molecule has 2 aliphatic heterocycles. The van der Waals surface area contributed by atoms with Crippen molar-refractivity contribution in [3.8, 4) is 0 Å². The molecule has 2 rings (SSSR count). The summed E-state index contributed by atoms with van der Waals surface area (Å²) < 4.78 is 13.1. The number of nitrogens with one attached hydrogen (secondary N) is 1. The highest BCUT2D eigenvalue weighted by Gasteiger charge is 2.30. The van der Waals surface area contributed by atoms with E-state index >= 15 is 0 Å². The van der Waals surface area contributed by atoms with Gasteiger partial charge in [0.2, 0.25) is 0 Å². The van der Waals surface area contributed by atoms with Crippen LogP contribution in [0.5, 0.6) is 0 Å². The van der Waals surface area contributed by atoms with Gasteiger partial charge in [-0.25, -0.2) is 4.39 Å². The largest absolute Gasteiger partial charge is 0.313 e. The fourth-order valence-electron chi connectivity index (χ4n) is 2.41. The van der Waals surface area contributed by atoms with Crippen molar-refractivity contribution in [3.05, 3.63) is 11.9 Å². The molecule has 0 bridgehead atoms. The quantitative estimate of drug-likeness (QED) is 0.718. The lowest BCUT2D eigenvalue weighted by Gasteiger charge is -2.28. The molecule has 0 saturated carbocycles. The third-order valence-corrected chi connectivity index (χ3v) is 3.17. The number of aliphatic imine (C=N–C) groups is 1. The average molecular weight is 196 g/mol. The number of hydrogen-bond donors (Lipinski definition) is 1. The van der Waals surface area contributed by atoms with Gasteiger partial charge in [-0.05, 0) is 31.9 Å². The van der Waals surface area contributed by atoms with Crippen molar-refractivity contribution < 1.29 is 4.39 Å². The van der Waals surface area contributed by atoms with Crippen LogP contribution in [0.4, 0.5) is 4.39 Å². The van der Waals surface area contributed by atoms with Gasteiger partial charge in [-0.15, -0.1) is 0 Å². The van der Waals surface area contributed by atoms with Gasteiger partial charge in [0.05, 0.1) is 12.3 Å². The number of dihydropyridines is 1. The van der Waals surface area contributed by atoms with Gasteiger partial charge >= 0.3 is 0 Å². The SMILES string of the molecule is CCC1N=CC(F)=CC1[C@H]1CCCN1. The number of allylic oxidation sites excluding steroid dienone is 1. The lowest BCUT2D eigenvalue weighted by molar-refractivity contribution is 0.374. The molecule has 0 aromatic heterocycles. The molecule has 2 unspecified atom stereocenters. The van der Waals surface area contributed by atoms with E-state index in [4.69, 9.17) is 0 Å². The number of rotatable bonds is 2. The van der Waals surface area contributed by atoms with Crippen LogP contribution in [0, 0.1) is 5.92 Å². The minimum Gasteiger partial charge on any atom is -0.313 e. The molecule has 3 atom stereocenters. The van der Waals surface area contributed by atoms with E-state index in [-0.39, 0.29) is 17.8 Å². The zero-order chi connectivity index (χ0) is 9.97. The van der Waals surface area contributed by atoms with Crippen molar-refractivity contribution >= 4 is 6.21 Å². The molecule has 0 aromatic rings. The molecule has 2 heterocycles. The average Bonchev–Trinajstić information content (AvgIpc) is 2.70. The van der Waals surface area contributed by atoms with Crippen LogP contribution in [-0.4, -0.2) is 24.8 Å². The lowest BCUT2D eigenvalue weighted by atomic mass is 9.87. The Bertz CT molecular complexity index is 254. The minimum absolute atomic E-state index is 0.173. The van der Waals surface area contributed by atoms with E-state index in [1.165, 1.54) is 12.6 Å². The monoisotopic (exact) mass is 196 g/mol. The molecule has 1 N–H and O–H groups in total. The second-order valence-corrected chi connectivity index (χ2v) is 4.09. The van der Waals surface area contributed by atoms with E-state index in [0.29, 0.717) is 6.04 Å². The van der Waals surface area contributed by atoms with Gasteiger partial charge in [0.15, 0.2) is 0 Å². The van der Waals surface area contributed by atoms with Crippen LogP contribution in [0.2, 0.25) is 0 Å². The number of nitrogens with zero attached hydrogens (tertiary/aromatic N) is 1. The maximum Gasteiger partial charge on any atom is 0.137 e. The van der Waals surface area contributed by atoms with Crippen LogP contribution >= 0.6 is 0 Å². The van der Waals surface area contributed by atoms with E-state index in [1.54, 1.807) is 6.08 Å². The molecule has 0 aromatic carbocycles. The molecule has 1 saturated heterocycles. The third kappa shape index (κ3) is 1.87. The van der Waals surface area contributed by atoms with Gasteiger partial charge in [-0.1, -0.05) is 6.92 Å². The first kappa shape index (κ1) is 9.84. The van der Waals surface area contributed by atoms with E-state index in [0.717, 1.165) is 19.4 Å². The van der Waals surface area contributed by atoms with E-state index in [1.807, 2.05) is 0 Å². The molecule has 2 aliphatic rings. The molecular formula is C11H17FN2. The van der Waals surface area contributed by atoms with Gasteiger partial charge in [0.1, 0.15) is 5.83 Å². The Hall–Kier alpha value is -0.700. The van der Waals surface area contributed by atoms with Crippen molar-refractivity contribution in [3.63, 3.8) is 0 Å². The fourth-order valence-corrected chi connectivity index (χ4v) is 2.41. The predicted octanol–water partition coefficient (Wildman–Crippen LogP) is 2.07. The first-order valence-corrected chi connectivity index (χ1v) is 5.45. The maximum absolute atomic E-state index is 13.1. The summed E-state index contributed by atoms with van der Waals surface area (Å²) in [4.78, 5) is 4.25. The Kier molecular flexibility index (Phi) is 2.96. The van der Waals surface area contributed by atoms with Gasteiger partial charge < -0.3 is 5.32 Å². The topological polar surface area (TPSA) is 24.4 Å². The summed E-state index contributed by atoms with van der Waals surface area (Å²) in [5.41, 5.74) is 0. The van der Waals surface area contributed by atoms with Crippen molar-refractivity contribution in [2.75, 3.05) is 6.54 Å². The van der Waals surface area contributed by atoms with Crippen LogP contribution in [0.25, 0.3) is 0 Å². The smallest absolute Gasteiger partial charge is 0.137 e. The molecule has 0 aliphatic carbocycles. The summed E-state index contributed by atoms with van der Waals surface area (Å²) in [6, 6.07) is 0.702. The molecule has 1 fully saturated rings. The zero-order valence-electron chi connectivity index (χ0n) is 8.54. The van der Waals surface area contributed by atoms with Crippen molar-refractivity contribution in [1.82, 2.24) is 5.32 Å². The molecular weight excluding hydrogens is 179 g/mol. The Morgan fingerprint density at radius 1 is 1.64 bits per heavy atom. The Morgan fingerprint density at radius 2 is 2.50 bits per heavy atom. The summed E-state index contributed by atoms with van der Waals surface area (Å²) in [5.74, 6) is 0.0842. The van der Waals surface area contributed by atoms with Gasteiger partial charge in [0, 0.05) is 12.0 Å². The van der Waals surface area contributed by atoms with E-state index in [9.17, 15) is 4.39 Å². The van der Waals surface area contributed by atoms with Crippen LogP contribution < -0.4 is 5.32 Å². The van der Waals surface area contributed by atoms with Crippen LogP contribution in [0.15, 0.2) is 16.9 Å². The van der Waals surface area contributed by atoms with Crippen LogP contribution in [-0.2, 0) is 0 Å². The Morgan fingerprint density at radius 3 is 3.14 bits per heavy atom. The number of hydrogen-bond acceptors (Lipinski definition) is 2. The predicted molar refractivity (Wildman–Crippen MR) is 56.3 cm³/mol. The lowest BCUT2D eigenvalue weighted by Crippen LogP contribution is -2.37. The molecule has 0 amide bonds. The van der Waals surface area contributed by atoms with Gasteiger partial charge in [0.25, 0.3) is 0 Å². The first-order valence-electron chi connectivity index (χ1n) is 5.45. The zero-order valence-corrected chi connectivity index (χ0v) is 8.54. The summed E-state index contributed by atoms with van der Waals surface area (Å²) in [5, 5.41) is 3.43. The summed E-state index contributed by atoms with van der Waals surface area (Å²) in [6.07, 6.45) is 6.45.